The molecule has 0 amide bonds. The largest absolute Gasteiger partial charge is 0.354 e. The third-order valence-corrected chi connectivity index (χ3v) is 9.00. The Morgan fingerprint density at radius 1 is 0.286 bits per heavy atom. The molecule has 9 rings (SSSR count). The molecule has 0 radical (unpaired) electrons. The van der Waals surface area contributed by atoms with Crippen molar-refractivity contribution in [1.29, 1.82) is 0 Å². The number of H-pyrrole nitrogens is 2. The van der Waals surface area contributed by atoms with E-state index in [9.17, 15) is 0 Å². The summed E-state index contributed by atoms with van der Waals surface area (Å²) in [6.07, 6.45) is 8.54. The zero-order valence-electron chi connectivity index (χ0n) is 26.4. The van der Waals surface area contributed by atoms with Gasteiger partial charge in [-0.3, -0.25) is 0 Å². The summed E-state index contributed by atoms with van der Waals surface area (Å²) in [5, 5.41) is 0. The fraction of sp³-hybridized carbons (Fsp3) is 0. The van der Waals surface area contributed by atoms with Crippen molar-refractivity contribution in [2.75, 3.05) is 0 Å². The van der Waals surface area contributed by atoms with E-state index < -0.39 is 0 Å². The zero-order chi connectivity index (χ0) is 31.9. The predicted molar refractivity (Wildman–Crippen MR) is 201 cm³/mol. The third kappa shape index (κ3) is 5.59. The van der Waals surface area contributed by atoms with E-state index in [-0.39, 0.29) is 19.5 Å². The first kappa shape index (κ1) is 30.4. The van der Waals surface area contributed by atoms with Gasteiger partial charge in [0.25, 0.3) is 0 Å². The molecule has 8 bridgehead atoms. The van der Waals surface area contributed by atoms with Crippen molar-refractivity contribution in [3.8, 4) is 44.5 Å². The van der Waals surface area contributed by atoms with E-state index in [4.69, 9.17) is 9.97 Å². The summed E-state index contributed by atoms with van der Waals surface area (Å²) in [4.78, 5) is 18.3. The molecule has 234 valence electrons. The van der Waals surface area contributed by atoms with Gasteiger partial charge in [-0.15, -0.1) is 0 Å². The van der Waals surface area contributed by atoms with Gasteiger partial charge in [-0.1, -0.05) is 121 Å². The van der Waals surface area contributed by atoms with E-state index in [1.165, 1.54) is 0 Å². The van der Waals surface area contributed by atoms with E-state index in [2.05, 4.69) is 156 Å². The molecule has 49 heavy (non-hydrogen) atoms. The Morgan fingerprint density at radius 3 is 0.735 bits per heavy atom. The fourth-order valence-electron chi connectivity index (χ4n) is 6.84. The summed E-state index contributed by atoms with van der Waals surface area (Å²) in [5.41, 5.74) is 16.2. The number of benzene rings is 4. The number of nitrogens with one attached hydrogen (secondary N) is 2. The summed E-state index contributed by atoms with van der Waals surface area (Å²) in [6, 6.07) is 50.7. The molecular weight excluding hydrogens is 686 g/mol. The van der Waals surface area contributed by atoms with Crippen LogP contribution < -0.4 is 0 Å². The summed E-state index contributed by atoms with van der Waals surface area (Å²) in [7, 11) is 0. The zero-order valence-corrected chi connectivity index (χ0v) is 28.2. The summed E-state index contributed by atoms with van der Waals surface area (Å²) in [6.45, 7) is 0. The molecule has 0 aliphatic carbocycles. The number of hydrogen-bond donors (Lipinski definition) is 2. The molecule has 2 N–H and O–H groups in total. The van der Waals surface area contributed by atoms with Gasteiger partial charge >= 0.3 is 0 Å². The molecule has 0 saturated heterocycles. The van der Waals surface area contributed by atoms with Crippen LogP contribution in [0, 0.1) is 0 Å². The van der Waals surface area contributed by atoms with Gasteiger partial charge in [0.15, 0.2) is 0 Å². The van der Waals surface area contributed by atoms with Crippen LogP contribution in [0.4, 0.5) is 0 Å². The van der Waals surface area contributed by atoms with Crippen molar-refractivity contribution in [1.82, 2.24) is 19.9 Å². The molecule has 7 aromatic rings. The molecule has 0 unspecified atom stereocenters. The topological polar surface area (TPSA) is 57.4 Å². The van der Waals surface area contributed by atoms with Gasteiger partial charge in [-0.2, -0.15) is 0 Å². The summed E-state index contributed by atoms with van der Waals surface area (Å²) < 4.78 is 0. The third-order valence-electron chi connectivity index (χ3n) is 9.00. The normalized spacial score (nSPS) is 11.8. The van der Waals surface area contributed by atoms with Crippen molar-refractivity contribution in [3.05, 3.63) is 168 Å². The van der Waals surface area contributed by atoms with Gasteiger partial charge in [0.1, 0.15) is 0 Å². The Bertz CT molecular complexity index is 2180. The molecule has 3 aromatic heterocycles. The second-order valence-electron chi connectivity index (χ2n) is 12.0. The van der Waals surface area contributed by atoms with Crippen LogP contribution in [0.1, 0.15) is 22.8 Å². The molecule has 5 heterocycles. The van der Waals surface area contributed by atoms with E-state index >= 15 is 0 Å². The summed E-state index contributed by atoms with van der Waals surface area (Å²) in [5.74, 6) is 0. The Morgan fingerprint density at radius 2 is 0.510 bits per heavy atom. The van der Waals surface area contributed by atoms with Crippen molar-refractivity contribution in [2.45, 2.75) is 0 Å². The molecule has 2 aliphatic heterocycles. The molecular formula is C44H30N4Ru. The Kier molecular flexibility index (Phi) is 8.05. The minimum absolute atomic E-state index is 0. The van der Waals surface area contributed by atoms with Gasteiger partial charge in [0.2, 0.25) is 0 Å². The minimum Gasteiger partial charge on any atom is -0.354 e. The van der Waals surface area contributed by atoms with Crippen molar-refractivity contribution < 1.29 is 19.5 Å². The summed E-state index contributed by atoms with van der Waals surface area (Å²) >= 11 is 0. The monoisotopic (exact) mass is 716 g/mol. The van der Waals surface area contributed by atoms with Crippen LogP contribution in [0.3, 0.4) is 0 Å². The average Bonchev–Trinajstić information content (AvgIpc) is 3.98. The number of fused-ring (bicyclic) bond motifs is 8. The van der Waals surface area contributed by atoms with Gasteiger partial charge in [-0.25, -0.2) is 9.97 Å². The van der Waals surface area contributed by atoms with E-state index in [1.807, 2.05) is 24.3 Å². The van der Waals surface area contributed by atoms with Crippen molar-refractivity contribution in [3.63, 3.8) is 0 Å². The van der Waals surface area contributed by atoms with Crippen molar-refractivity contribution in [2.24, 2.45) is 0 Å². The molecule has 5 heteroatoms. The second kappa shape index (κ2) is 13.0. The number of hydrogen-bond acceptors (Lipinski definition) is 2. The van der Waals surface area contributed by atoms with Crippen LogP contribution in [-0.4, -0.2) is 19.9 Å². The van der Waals surface area contributed by atoms with Crippen LogP contribution in [0.15, 0.2) is 146 Å². The predicted octanol–water partition coefficient (Wildman–Crippen LogP) is 11.3. The molecule has 4 nitrogen and oxygen atoms in total. The SMILES string of the molecule is C1=Cc2nc1c(-c1ccccc1)c1ccc([nH]1)c(-c1ccccc1)c1nc(c(-c3ccccc3)c3ccc([nH]3)c2-c2ccccc2)C=C1.[Ru]. The Balaban J connectivity index is 0.00000348. The maximum absolute atomic E-state index is 5.35. The molecule has 2 aliphatic rings. The first-order valence-corrected chi connectivity index (χ1v) is 16.2. The van der Waals surface area contributed by atoms with E-state index in [0.29, 0.717) is 0 Å². The number of aromatic nitrogens is 4. The smallest absolute Gasteiger partial charge is 0.0737 e. The number of nitrogens with zero attached hydrogens (tertiary/aromatic N) is 2. The molecule has 0 spiro atoms. The van der Waals surface area contributed by atoms with E-state index in [1.54, 1.807) is 0 Å². The first-order valence-electron chi connectivity index (χ1n) is 16.2. The van der Waals surface area contributed by atoms with Gasteiger partial charge < -0.3 is 9.97 Å². The standard InChI is InChI=1S/C44H30N4.Ru/c1-5-13-29(14-6-1)41-33-21-23-35(45-33)42(30-15-7-2-8-16-30)37-25-27-39(47-37)44(32-19-11-4-12-20-32)40-28-26-38(48-40)43(31-17-9-3-10-18-31)36-24-22-34(41)46-36;/h1-28,45,48H;. The molecule has 0 saturated carbocycles. The van der Waals surface area contributed by atoms with Crippen LogP contribution in [0.5, 0.6) is 0 Å². The van der Waals surface area contributed by atoms with Crippen LogP contribution in [-0.2, 0) is 19.5 Å². The van der Waals surface area contributed by atoms with E-state index in [0.717, 1.165) is 89.4 Å². The Labute approximate surface area is 297 Å². The first-order chi connectivity index (χ1) is 23.8. The van der Waals surface area contributed by atoms with Gasteiger partial charge in [0, 0.05) is 63.8 Å². The van der Waals surface area contributed by atoms with Gasteiger partial charge in [-0.05, 0) is 70.8 Å². The average molecular weight is 716 g/mol. The molecule has 0 fully saturated rings. The van der Waals surface area contributed by atoms with Gasteiger partial charge in [0.05, 0.1) is 22.8 Å². The Hall–Kier alpha value is -5.90. The van der Waals surface area contributed by atoms with Crippen LogP contribution in [0.25, 0.3) is 90.9 Å². The minimum atomic E-state index is 0. The quantitative estimate of drug-likeness (QED) is 0.178. The van der Waals surface area contributed by atoms with Crippen LogP contribution in [0.2, 0.25) is 0 Å². The number of aromatic amines is 2. The molecule has 4 aromatic carbocycles. The molecule has 0 atom stereocenters. The second-order valence-corrected chi connectivity index (χ2v) is 12.0. The van der Waals surface area contributed by atoms with Crippen LogP contribution >= 0.6 is 0 Å². The maximum Gasteiger partial charge on any atom is 0.0737 e. The van der Waals surface area contributed by atoms with Crippen molar-refractivity contribution >= 4 is 46.4 Å². The maximum atomic E-state index is 5.35. The fourth-order valence-corrected chi connectivity index (χ4v) is 6.84. The number of rotatable bonds is 4.